The molecule has 0 fully saturated rings. The van der Waals surface area contributed by atoms with Gasteiger partial charge in [0.15, 0.2) is 6.10 Å². The zero-order chi connectivity index (χ0) is 45.1. The van der Waals surface area contributed by atoms with E-state index in [0.717, 1.165) is 44.9 Å². The quantitative estimate of drug-likeness (QED) is 0.0262. The highest BCUT2D eigenvalue weighted by atomic mass is 16.6. The molecule has 1 unspecified atom stereocenters. The molecule has 6 nitrogen and oxygen atoms in total. The fourth-order valence-corrected chi connectivity index (χ4v) is 7.55. The van der Waals surface area contributed by atoms with E-state index in [1.807, 2.05) is 12.2 Å². The Morgan fingerprint density at radius 1 is 0.323 bits per heavy atom. The number of allylic oxidation sites excluding steroid dienone is 8. The maximum absolute atomic E-state index is 12.7. The van der Waals surface area contributed by atoms with Gasteiger partial charge in [-0.15, -0.1) is 0 Å². The van der Waals surface area contributed by atoms with Crippen molar-refractivity contribution in [2.45, 2.75) is 277 Å². The van der Waals surface area contributed by atoms with Crippen molar-refractivity contribution in [3.63, 3.8) is 0 Å². The molecule has 0 bridgehead atoms. The molecule has 0 aromatic heterocycles. The Balaban J connectivity index is 4.42. The summed E-state index contributed by atoms with van der Waals surface area (Å²) in [5.74, 6) is -1.04. The minimum absolute atomic E-state index is 0.110. The number of rotatable bonds is 48. The topological polar surface area (TPSA) is 78.9 Å². The van der Waals surface area contributed by atoms with Crippen LogP contribution in [0.5, 0.6) is 0 Å². The monoisotopic (exact) mass is 869 g/mol. The molecular weight excluding hydrogens is 769 g/mol. The first-order chi connectivity index (χ1) is 30.5. The van der Waals surface area contributed by atoms with Crippen LogP contribution in [0.3, 0.4) is 0 Å². The van der Waals surface area contributed by atoms with Crippen molar-refractivity contribution in [2.24, 2.45) is 0 Å². The Morgan fingerprint density at radius 3 is 0.984 bits per heavy atom. The average Bonchev–Trinajstić information content (AvgIpc) is 3.27. The Kier molecular flexibility index (Phi) is 48.8. The molecule has 0 aromatic rings. The molecule has 0 amide bonds. The van der Waals surface area contributed by atoms with Gasteiger partial charge in [-0.3, -0.25) is 14.4 Å². The summed E-state index contributed by atoms with van der Waals surface area (Å²) in [4.78, 5) is 37.9. The van der Waals surface area contributed by atoms with Gasteiger partial charge < -0.3 is 14.2 Å². The van der Waals surface area contributed by atoms with Crippen LogP contribution in [-0.2, 0) is 28.6 Å². The summed E-state index contributed by atoms with van der Waals surface area (Å²) in [6.07, 6.45) is 61.3. The molecule has 0 radical (unpaired) electrons. The van der Waals surface area contributed by atoms with Crippen molar-refractivity contribution in [3.05, 3.63) is 48.6 Å². The van der Waals surface area contributed by atoms with Crippen LogP contribution in [0, 0.1) is 0 Å². The maximum Gasteiger partial charge on any atom is 0.306 e. The third kappa shape index (κ3) is 48.4. The van der Waals surface area contributed by atoms with Gasteiger partial charge in [0, 0.05) is 19.3 Å². The number of ether oxygens (including phenoxy) is 3. The van der Waals surface area contributed by atoms with Gasteiger partial charge in [-0.25, -0.2) is 0 Å². The molecule has 0 aliphatic carbocycles. The van der Waals surface area contributed by atoms with E-state index in [4.69, 9.17) is 14.2 Å². The van der Waals surface area contributed by atoms with Crippen LogP contribution in [0.15, 0.2) is 48.6 Å². The standard InChI is InChI=1S/C56H100O6/c1-4-7-10-13-16-19-22-25-26-27-28-29-32-34-37-40-43-46-49-55(58)61-52-53(62-56(59)50-47-44-41-38-35-31-24-21-18-15-12-9-6-3)51-60-54(57)48-45-42-39-36-33-30-23-20-17-14-11-8-5-2/h30-31,33,35,39,41-42,44,53H,4-29,32,34,36-38,40,43,45-52H2,1-3H3/b33-30+,35-31+,42-39+,44-41+. The summed E-state index contributed by atoms with van der Waals surface area (Å²) < 4.78 is 16.7. The summed E-state index contributed by atoms with van der Waals surface area (Å²) >= 11 is 0. The normalized spacial score (nSPS) is 12.4. The summed E-state index contributed by atoms with van der Waals surface area (Å²) in [6, 6.07) is 0. The second-order valence-electron chi connectivity index (χ2n) is 17.8. The van der Waals surface area contributed by atoms with Crippen LogP contribution < -0.4 is 0 Å². The lowest BCUT2D eigenvalue weighted by Crippen LogP contribution is -2.30. The van der Waals surface area contributed by atoms with Gasteiger partial charge >= 0.3 is 17.9 Å². The van der Waals surface area contributed by atoms with Crippen LogP contribution in [-0.4, -0.2) is 37.2 Å². The molecule has 62 heavy (non-hydrogen) atoms. The highest BCUT2D eigenvalue weighted by molar-refractivity contribution is 5.71. The van der Waals surface area contributed by atoms with Gasteiger partial charge in [-0.1, -0.05) is 243 Å². The predicted octanol–water partition coefficient (Wildman–Crippen LogP) is 17.5. The minimum atomic E-state index is -0.822. The Morgan fingerprint density at radius 2 is 0.613 bits per heavy atom. The van der Waals surface area contributed by atoms with E-state index in [0.29, 0.717) is 19.3 Å². The predicted molar refractivity (Wildman–Crippen MR) is 265 cm³/mol. The summed E-state index contributed by atoms with van der Waals surface area (Å²) in [7, 11) is 0. The SMILES string of the molecule is CCCCCCCC/C=C/C/C=C/CCC(=O)OCC(COC(=O)CCCCCCCCCCCCCCCCCCCC)OC(=O)CC/C=C/C/C=C/CCCCCCCC. The van der Waals surface area contributed by atoms with E-state index < -0.39 is 6.10 Å². The number of unbranched alkanes of at least 4 members (excludes halogenated alkanes) is 29. The molecule has 0 aliphatic rings. The van der Waals surface area contributed by atoms with Crippen molar-refractivity contribution in [1.82, 2.24) is 0 Å². The molecule has 1 atom stereocenters. The lowest BCUT2D eigenvalue weighted by atomic mass is 10.0. The van der Waals surface area contributed by atoms with Crippen LogP contribution in [0.25, 0.3) is 0 Å². The number of hydrogen-bond donors (Lipinski definition) is 0. The lowest BCUT2D eigenvalue weighted by Gasteiger charge is -2.18. The zero-order valence-electron chi connectivity index (χ0n) is 41.1. The smallest absolute Gasteiger partial charge is 0.306 e. The highest BCUT2D eigenvalue weighted by Crippen LogP contribution is 2.15. The van der Waals surface area contributed by atoms with E-state index in [-0.39, 0.29) is 44.0 Å². The molecule has 0 saturated heterocycles. The Bertz CT molecular complexity index is 1090. The zero-order valence-corrected chi connectivity index (χ0v) is 41.1. The van der Waals surface area contributed by atoms with Gasteiger partial charge in [0.1, 0.15) is 13.2 Å². The number of esters is 3. The van der Waals surface area contributed by atoms with E-state index in [2.05, 4.69) is 57.2 Å². The molecule has 0 saturated carbocycles. The van der Waals surface area contributed by atoms with Crippen molar-refractivity contribution in [3.8, 4) is 0 Å². The van der Waals surface area contributed by atoms with Crippen LogP contribution >= 0.6 is 0 Å². The van der Waals surface area contributed by atoms with Gasteiger partial charge in [0.25, 0.3) is 0 Å². The van der Waals surface area contributed by atoms with Crippen molar-refractivity contribution in [2.75, 3.05) is 13.2 Å². The molecule has 0 heterocycles. The van der Waals surface area contributed by atoms with Crippen LogP contribution in [0.4, 0.5) is 0 Å². The third-order valence-electron chi connectivity index (χ3n) is 11.6. The molecule has 0 aliphatic heterocycles. The fourth-order valence-electron chi connectivity index (χ4n) is 7.55. The first kappa shape index (κ1) is 59.4. The van der Waals surface area contributed by atoms with Gasteiger partial charge in [-0.05, 0) is 57.8 Å². The Labute approximate surface area is 384 Å². The third-order valence-corrected chi connectivity index (χ3v) is 11.6. The highest BCUT2D eigenvalue weighted by Gasteiger charge is 2.19. The fraction of sp³-hybridized carbons (Fsp3) is 0.804. The lowest BCUT2D eigenvalue weighted by molar-refractivity contribution is -0.166. The minimum Gasteiger partial charge on any atom is -0.462 e. The first-order valence-electron chi connectivity index (χ1n) is 26.6. The van der Waals surface area contributed by atoms with E-state index >= 15 is 0 Å². The summed E-state index contributed by atoms with van der Waals surface area (Å²) in [6.45, 7) is 6.54. The van der Waals surface area contributed by atoms with E-state index in [1.54, 1.807) is 0 Å². The molecule has 0 aromatic carbocycles. The molecule has 0 rings (SSSR count). The second-order valence-corrected chi connectivity index (χ2v) is 17.8. The van der Waals surface area contributed by atoms with Gasteiger partial charge in [-0.2, -0.15) is 0 Å². The van der Waals surface area contributed by atoms with Gasteiger partial charge in [0.2, 0.25) is 0 Å². The largest absolute Gasteiger partial charge is 0.462 e. The number of hydrogen-bond acceptors (Lipinski definition) is 6. The van der Waals surface area contributed by atoms with E-state index in [1.165, 1.54) is 173 Å². The second kappa shape index (κ2) is 51.0. The van der Waals surface area contributed by atoms with Crippen molar-refractivity contribution < 1.29 is 28.6 Å². The molecule has 6 heteroatoms. The Hall–Kier alpha value is -2.63. The molecule has 360 valence electrons. The average molecular weight is 869 g/mol. The number of carbonyl (C=O) groups excluding carboxylic acids is 3. The number of carbonyl (C=O) groups is 3. The van der Waals surface area contributed by atoms with Crippen LogP contribution in [0.1, 0.15) is 271 Å². The van der Waals surface area contributed by atoms with Gasteiger partial charge in [0.05, 0.1) is 0 Å². The van der Waals surface area contributed by atoms with Crippen LogP contribution in [0.2, 0.25) is 0 Å². The molecule has 0 N–H and O–H groups in total. The van der Waals surface area contributed by atoms with Crippen molar-refractivity contribution in [1.29, 1.82) is 0 Å². The summed E-state index contributed by atoms with van der Waals surface area (Å²) in [5, 5.41) is 0. The van der Waals surface area contributed by atoms with E-state index in [9.17, 15) is 14.4 Å². The summed E-state index contributed by atoms with van der Waals surface area (Å²) in [5.41, 5.74) is 0. The molecular formula is C56H100O6. The molecule has 0 spiro atoms. The van der Waals surface area contributed by atoms with Crippen molar-refractivity contribution >= 4 is 17.9 Å². The maximum atomic E-state index is 12.7. The first-order valence-corrected chi connectivity index (χ1v) is 26.6.